The van der Waals surface area contributed by atoms with Crippen molar-refractivity contribution in [3.05, 3.63) is 0 Å². The SMILES string of the molecule is CC1CC(F)(F)CC12CN(C)C2. The molecule has 0 amide bonds. The minimum absolute atomic E-state index is 0.0434. The summed E-state index contributed by atoms with van der Waals surface area (Å²) in [6.07, 6.45) is 0.215. The molecule has 1 aliphatic carbocycles. The molecule has 1 saturated carbocycles. The normalized spacial score (nSPS) is 38.5. The first-order chi connectivity index (χ1) is 5.44. The fourth-order valence-corrected chi connectivity index (χ4v) is 2.88. The van der Waals surface area contributed by atoms with Gasteiger partial charge in [-0.05, 0) is 13.0 Å². The van der Waals surface area contributed by atoms with Crippen LogP contribution in [0, 0.1) is 11.3 Å². The molecule has 3 heteroatoms. The van der Waals surface area contributed by atoms with Crippen molar-refractivity contribution in [2.45, 2.75) is 25.7 Å². The highest BCUT2D eigenvalue weighted by Gasteiger charge is 2.58. The largest absolute Gasteiger partial charge is 0.305 e. The molecular weight excluding hydrogens is 160 g/mol. The lowest BCUT2D eigenvalue weighted by molar-refractivity contribution is -0.0442. The average molecular weight is 175 g/mol. The van der Waals surface area contributed by atoms with Crippen molar-refractivity contribution in [1.29, 1.82) is 0 Å². The number of nitrogens with zero attached hydrogens (tertiary/aromatic N) is 1. The standard InChI is InChI=1S/C9H15F2N/c1-7-3-9(10,11)4-8(7)5-12(2)6-8/h7H,3-6H2,1-2H3. The van der Waals surface area contributed by atoms with Crippen molar-refractivity contribution >= 4 is 0 Å². The van der Waals surface area contributed by atoms with Crippen molar-refractivity contribution in [2.75, 3.05) is 20.1 Å². The van der Waals surface area contributed by atoms with Crippen molar-refractivity contribution in [1.82, 2.24) is 4.90 Å². The predicted molar refractivity (Wildman–Crippen MR) is 43.3 cm³/mol. The van der Waals surface area contributed by atoms with Crippen LogP contribution < -0.4 is 0 Å². The summed E-state index contributed by atoms with van der Waals surface area (Å²) in [5.74, 6) is -2.19. The second-order valence-electron chi connectivity index (χ2n) is 4.67. The molecule has 0 radical (unpaired) electrons. The molecule has 70 valence electrons. The van der Waals surface area contributed by atoms with Crippen LogP contribution in [0.5, 0.6) is 0 Å². The molecule has 0 bridgehead atoms. The Morgan fingerprint density at radius 1 is 1.33 bits per heavy atom. The minimum atomic E-state index is -2.39. The monoisotopic (exact) mass is 175 g/mol. The fraction of sp³-hybridized carbons (Fsp3) is 1.00. The molecule has 0 aromatic heterocycles. The highest BCUT2D eigenvalue weighted by Crippen LogP contribution is 2.55. The van der Waals surface area contributed by atoms with Crippen LogP contribution in [0.25, 0.3) is 0 Å². The zero-order valence-electron chi connectivity index (χ0n) is 7.61. The fourth-order valence-electron chi connectivity index (χ4n) is 2.88. The topological polar surface area (TPSA) is 3.24 Å². The van der Waals surface area contributed by atoms with Crippen LogP contribution in [0.15, 0.2) is 0 Å². The number of likely N-dealkylation sites (tertiary alicyclic amines) is 1. The van der Waals surface area contributed by atoms with Crippen LogP contribution in [0.3, 0.4) is 0 Å². The number of hydrogen-bond donors (Lipinski definition) is 0. The third kappa shape index (κ3) is 1.06. The zero-order valence-corrected chi connectivity index (χ0v) is 7.61. The van der Waals surface area contributed by atoms with Crippen LogP contribution in [-0.2, 0) is 0 Å². The molecule has 1 unspecified atom stereocenters. The van der Waals surface area contributed by atoms with Crippen LogP contribution in [0.2, 0.25) is 0 Å². The Labute approximate surface area is 71.7 Å². The molecule has 0 aromatic rings. The van der Waals surface area contributed by atoms with E-state index in [4.69, 9.17) is 0 Å². The van der Waals surface area contributed by atoms with Gasteiger partial charge in [-0.25, -0.2) is 8.78 Å². The zero-order chi connectivity index (χ0) is 8.98. The molecule has 12 heavy (non-hydrogen) atoms. The summed E-state index contributed by atoms with van der Waals surface area (Å²) in [6.45, 7) is 3.70. The Morgan fingerprint density at radius 2 is 1.92 bits per heavy atom. The second-order valence-corrected chi connectivity index (χ2v) is 4.67. The molecule has 1 nitrogen and oxygen atoms in total. The maximum absolute atomic E-state index is 13.0. The Kier molecular flexibility index (Phi) is 1.54. The second kappa shape index (κ2) is 2.19. The van der Waals surface area contributed by atoms with Crippen LogP contribution in [-0.4, -0.2) is 31.0 Å². The van der Waals surface area contributed by atoms with Crippen LogP contribution in [0.1, 0.15) is 19.8 Å². The van der Waals surface area contributed by atoms with Gasteiger partial charge in [0.2, 0.25) is 5.92 Å². The Balaban J connectivity index is 2.10. The molecule has 0 N–H and O–H groups in total. The van der Waals surface area contributed by atoms with Gasteiger partial charge in [-0.2, -0.15) is 0 Å². The van der Waals surface area contributed by atoms with E-state index in [1.807, 2.05) is 14.0 Å². The number of alkyl halides is 2. The highest BCUT2D eigenvalue weighted by atomic mass is 19.3. The van der Waals surface area contributed by atoms with Gasteiger partial charge in [-0.3, -0.25) is 0 Å². The van der Waals surface area contributed by atoms with Gasteiger partial charge in [-0.1, -0.05) is 6.92 Å². The molecule has 1 saturated heterocycles. The van der Waals surface area contributed by atoms with Gasteiger partial charge in [0, 0.05) is 31.3 Å². The number of hydrogen-bond acceptors (Lipinski definition) is 1. The van der Waals surface area contributed by atoms with Crippen molar-refractivity contribution in [3.63, 3.8) is 0 Å². The van der Waals surface area contributed by atoms with E-state index in [2.05, 4.69) is 4.90 Å². The van der Waals surface area contributed by atoms with E-state index in [9.17, 15) is 8.78 Å². The van der Waals surface area contributed by atoms with Gasteiger partial charge in [0.05, 0.1) is 0 Å². The maximum Gasteiger partial charge on any atom is 0.249 e. The molecule has 0 aromatic carbocycles. The summed E-state index contributed by atoms with van der Waals surface area (Å²) in [4.78, 5) is 2.12. The Bertz CT molecular complexity index is 197. The molecule has 2 aliphatic rings. The summed E-state index contributed by atoms with van der Waals surface area (Å²) in [5.41, 5.74) is -0.0434. The quantitative estimate of drug-likeness (QED) is 0.544. The lowest BCUT2D eigenvalue weighted by atomic mass is 9.72. The van der Waals surface area contributed by atoms with Crippen LogP contribution >= 0.6 is 0 Å². The van der Waals surface area contributed by atoms with E-state index in [-0.39, 0.29) is 24.2 Å². The van der Waals surface area contributed by atoms with Gasteiger partial charge >= 0.3 is 0 Å². The van der Waals surface area contributed by atoms with Crippen molar-refractivity contribution in [2.24, 2.45) is 11.3 Å². The van der Waals surface area contributed by atoms with E-state index in [1.165, 1.54) is 0 Å². The summed E-state index contributed by atoms with van der Waals surface area (Å²) >= 11 is 0. The summed E-state index contributed by atoms with van der Waals surface area (Å²) in [7, 11) is 1.99. The third-order valence-electron chi connectivity index (χ3n) is 3.43. The number of halogens is 2. The molecule has 1 spiro atoms. The first-order valence-corrected chi connectivity index (χ1v) is 4.50. The maximum atomic E-state index is 13.0. The van der Waals surface area contributed by atoms with Gasteiger partial charge < -0.3 is 4.90 Å². The van der Waals surface area contributed by atoms with E-state index < -0.39 is 5.92 Å². The predicted octanol–water partition coefficient (Wildman–Crippen LogP) is 1.98. The smallest absolute Gasteiger partial charge is 0.249 e. The van der Waals surface area contributed by atoms with Crippen molar-refractivity contribution < 1.29 is 8.78 Å². The van der Waals surface area contributed by atoms with E-state index in [1.54, 1.807) is 0 Å². The van der Waals surface area contributed by atoms with Gasteiger partial charge in [0.15, 0.2) is 0 Å². The molecule has 1 heterocycles. The highest BCUT2D eigenvalue weighted by molar-refractivity contribution is 5.05. The first kappa shape index (κ1) is 8.42. The average Bonchev–Trinajstić information content (AvgIpc) is 2.01. The summed E-state index contributed by atoms with van der Waals surface area (Å²) in [5, 5.41) is 0. The summed E-state index contributed by atoms with van der Waals surface area (Å²) in [6, 6.07) is 0. The van der Waals surface area contributed by atoms with Crippen LogP contribution in [0.4, 0.5) is 8.78 Å². The Hall–Kier alpha value is -0.180. The van der Waals surface area contributed by atoms with Gasteiger partial charge in [0.1, 0.15) is 0 Å². The summed E-state index contributed by atoms with van der Waals surface area (Å²) < 4.78 is 26.0. The lowest BCUT2D eigenvalue weighted by Crippen LogP contribution is -2.55. The molecule has 2 fully saturated rings. The third-order valence-corrected chi connectivity index (χ3v) is 3.43. The minimum Gasteiger partial charge on any atom is -0.305 e. The van der Waals surface area contributed by atoms with E-state index >= 15 is 0 Å². The Morgan fingerprint density at radius 3 is 2.25 bits per heavy atom. The molecule has 2 rings (SSSR count). The molecule has 1 aliphatic heterocycles. The molecule has 1 atom stereocenters. The first-order valence-electron chi connectivity index (χ1n) is 4.50. The van der Waals surface area contributed by atoms with Crippen molar-refractivity contribution in [3.8, 4) is 0 Å². The van der Waals surface area contributed by atoms with E-state index in [0.29, 0.717) is 0 Å². The van der Waals surface area contributed by atoms with E-state index in [0.717, 1.165) is 13.1 Å². The van der Waals surface area contributed by atoms with Gasteiger partial charge in [-0.15, -0.1) is 0 Å². The lowest BCUT2D eigenvalue weighted by Gasteiger charge is -2.49. The number of rotatable bonds is 0. The van der Waals surface area contributed by atoms with Gasteiger partial charge in [0.25, 0.3) is 0 Å². The molecular formula is C9H15F2N.